The molecule has 0 saturated carbocycles. The minimum absolute atomic E-state index is 0.0290. The van der Waals surface area contributed by atoms with Gasteiger partial charge >= 0.3 is 0 Å². The molecule has 0 spiro atoms. The molecule has 4 rings (SSSR count). The number of halogens is 3. The lowest BCUT2D eigenvalue weighted by Gasteiger charge is -2.12. The first-order valence-corrected chi connectivity index (χ1v) is 10.9. The molecule has 0 amide bonds. The molecule has 0 saturated heterocycles. The zero-order valence-corrected chi connectivity index (χ0v) is 18.4. The van der Waals surface area contributed by atoms with Crippen LogP contribution in [-0.4, -0.2) is 23.7 Å². The van der Waals surface area contributed by atoms with Crippen molar-refractivity contribution in [2.24, 2.45) is 0 Å². The Kier molecular flexibility index (Phi) is 5.85. The van der Waals surface area contributed by atoms with Crippen molar-refractivity contribution < 1.29 is 13.7 Å². The van der Waals surface area contributed by atoms with Crippen molar-refractivity contribution >= 4 is 51.2 Å². The number of anilines is 2. The zero-order chi connectivity index (χ0) is 22.3. The van der Waals surface area contributed by atoms with Crippen LogP contribution >= 0.6 is 23.2 Å². The van der Waals surface area contributed by atoms with E-state index in [1.807, 2.05) is 0 Å². The maximum Gasteiger partial charge on any atom is 0.156 e. The molecule has 0 aliphatic heterocycles. The molecular weight excluding hydrogens is 464 g/mol. The average molecular weight is 480 g/mol. The molecule has 31 heavy (non-hydrogen) atoms. The van der Waals surface area contributed by atoms with E-state index < -0.39 is 16.8 Å². The molecule has 2 heterocycles. The SMILES string of the molecule is Cc1nc(-c2cccc(NS(=O)c3cc(Cl)cc(CO)c3Cl)c2F)c2c(N)nccn12. The van der Waals surface area contributed by atoms with Crippen LogP contribution in [0.5, 0.6) is 0 Å². The molecular formula is C20H16Cl2FN5O2S. The van der Waals surface area contributed by atoms with E-state index in [9.17, 15) is 9.32 Å². The van der Waals surface area contributed by atoms with Crippen LogP contribution in [0.1, 0.15) is 11.4 Å². The van der Waals surface area contributed by atoms with Crippen LogP contribution in [-0.2, 0) is 17.6 Å². The normalized spacial score (nSPS) is 12.3. The molecule has 0 aliphatic rings. The number of aliphatic hydroxyl groups is 1. The quantitative estimate of drug-likeness (QED) is 0.394. The largest absolute Gasteiger partial charge is 0.392 e. The average Bonchev–Trinajstić information content (AvgIpc) is 3.08. The Morgan fingerprint density at radius 2 is 2.10 bits per heavy atom. The van der Waals surface area contributed by atoms with Crippen LogP contribution in [0.3, 0.4) is 0 Å². The Morgan fingerprint density at radius 1 is 1.32 bits per heavy atom. The van der Waals surface area contributed by atoms with Gasteiger partial charge in [0.15, 0.2) is 16.8 Å². The van der Waals surface area contributed by atoms with Crippen molar-refractivity contribution in [2.45, 2.75) is 18.4 Å². The Labute approximate surface area is 189 Å². The van der Waals surface area contributed by atoms with Gasteiger partial charge in [-0.2, -0.15) is 0 Å². The number of nitrogen functional groups attached to an aromatic ring is 1. The van der Waals surface area contributed by atoms with E-state index in [-0.39, 0.29) is 38.6 Å². The minimum Gasteiger partial charge on any atom is -0.392 e. The highest BCUT2D eigenvalue weighted by Gasteiger charge is 2.21. The van der Waals surface area contributed by atoms with Crippen molar-refractivity contribution in [1.29, 1.82) is 0 Å². The minimum atomic E-state index is -1.95. The van der Waals surface area contributed by atoms with E-state index in [0.29, 0.717) is 22.6 Å². The number of hydrogen-bond acceptors (Lipinski definition) is 5. The van der Waals surface area contributed by atoms with Crippen LogP contribution in [0, 0.1) is 12.7 Å². The second-order valence-electron chi connectivity index (χ2n) is 6.61. The number of benzene rings is 2. The fourth-order valence-corrected chi connectivity index (χ4v) is 4.90. The molecule has 0 fully saturated rings. The lowest BCUT2D eigenvalue weighted by atomic mass is 10.1. The van der Waals surface area contributed by atoms with Crippen molar-refractivity contribution in [1.82, 2.24) is 14.4 Å². The predicted molar refractivity (Wildman–Crippen MR) is 120 cm³/mol. The highest BCUT2D eigenvalue weighted by molar-refractivity contribution is 7.86. The molecule has 160 valence electrons. The van der Waals surface area contributed by atoms with Crippen molar-refractivity contribution in [3.63, 3.8) is 0 Å². The molecule has 1 atom stereocenters. The predicted octanol–water partition coefficient (Wildman–Crippen LogP) is 4.36. The Hall–Kier alpha value is -2.72. The molecule has 11 heteroatoms. The standard InChI is InChI=1S/C20H16Cl2FN5O2S/c1-10-26-18(19-20(24)25-5-6-28(10)19)13-3-2-4-14(17(13)23)27-31(30)15-8-12(21)7-11(9-29)16(15)22/h2-8,27,29H,9H2,1H3,(H2,24,25). The van der Waals surface area contributed by atoms with Crippen LogP contribution in [0.4, 0.5) is 15.9 Å². The number of aryl methyl sites for hydroxylation is 1. The van der Waals surface area contributed by atoms with Gasteiger partial charge < -0.3 is 10.8 Å². The number of nitrogens with two attached hydrogens (primary N) is 1. The summed E-state index contributed by atoms with van der Waals surface area (Å²) in [6.07, 6.45) is 3.22. The lowest BCUT2D eigenvalue weighted by molar-refractivity contribution is 0.281. The Morgan fingerprint density at radius 3 is 2.84 bits per heavy atom. The summed E-state index contributed by atoms with van der Waals surface area (Å²) >= 11 is 12.2. The van der Waals surface area contributed by atoms with Crippen LogP contribution in [0.15, 0.2) is 47.6 Å². The van der Waals surface area contributed by atoms with Crippen LogP contribution in [0.25, 0.3) is 16.8 Å². The Bertz CT molecular complexity index is 1350. The topological polar surface area (TPSA) is 106 Å². The smallest absolute Gasteiger partial charge is 0.156 e. The van der Waals surface area contributed by atoms with Crippen molar-refractivity contribution in [3.05, 3.63) is 70.0 Å². The van der Waals surface area contributed by atoms with E-state index in [1.165, 1.54) is 24.4 Å². The monoisotopic (exact) mass is 479 g/mol. The fourth-order valence-electron chi connectivity index (χ4n) is 3.22. The molecule has 4 N–H and O–H groups in total. The molecule has 0 bridgehead atoms. The van der Waals surface area contributed by atoms with Gasteiger partial charge in [0, 0.05) is 23.0 Å². The third kappa shape index (κ3) is 3.85. The number of hydrogen-bond donors (Lipinski definition) is 3. The van der Waals surface area contributed by atoms with E-state index in [2.05, 4.69) is 14.7 Å². The summed E-state index contributed by atoms with van der Waals surface area (Å²) in [5, 5.41) is 9.74. The fraction of sp³-hybridized carbons (Fsp3) is 0.100. The lowest BCUT2D eigenvalue weighted by Crippen LogP contribution is -2.08. The maximum atomic E-state index is 15.4. The highest BCUT2D eigenvalue weighted by atomic mass is 35.5. The number of imidazole rings is 1. The van der Waals surface area contributed by atoms with Gasteiger partial charge in [-0.3, -0.25) is 9.12 Å². The second-order valence-corrected chi connectivity index (χ2v) is 8.61. The second kappa shape index (κ2) is 8.43. The highest BCUT2D eigenvalue weighted by Crippen LogP contribution is 2.34. The first-order valence-electron chi connectivity index (χ1n) is 8.97. The maximum absolute atomic E-state index is 15.4. The van der Waals surface area contributed by atoms with Crippen molar-refractivity contribution in [2.75, 3.05) is 10.5 Å². The number of nitrogens with one attached hydrogen (secondary N) is 1. The first-order chi connectivity index (χ1) is 14.8. The number of aromatic nitrogens is 3. The van der Waals surface area contributed by atoms with Crippen molar-refractivity contribution in [3.8, 4) is 11.3 Å². The zero-order valence-electron chi connectivity index (χ0n) is 16.1. The molecule has 0 radical (unpaired) electrons. The Balaban J connectivity index is 1.77. The van der Waals surface area contributed by atoms with Crippen LogP contribution < -0.4 is 10.5 Å². The summed E-state index contributed by atoms with van der Waals surface area (Å²) < 4.78 is 32.6. The first kappa shape index (κ1) is 21.5. The molecule has 1 unspecified atom stereocenters. The van der Waals surface area contributed by atoms with E-state index in [0.717, 1.165) is 0 Å². The molecule has 4 aromatic rings. The van der Waals surface area contributed by atoms with Gasteiger partial charge in [0.1, 0.15) is 22.9 Å². The van der Waals surface area contributed by atoms with E-state index in [1.54, 1.807) is 29.7 Å². The molecule has 7 nitrogen and oxygen atoms in total. The summed E-state index contributed by atoms with van der Waals surface area (Å²) in [6.45, 7) is 1.39. The van der Waals surface area contributed by atoms with Crippen LogP contribution in [0.2, 0.25) is 10.0 Å². The third-order valence-corrected chi connectivity index (χ3v) is 6.57. The van der Waals surface area contributed by atoms with Gasteiger partial charge in [0.25, 0.3) is 0 Å². The summed E-state index contributed by atoms with van der Waals surface area (Å²) in [5.74, 6) is 0.156. The number of aliphatic hydroxyl groups excluding tert-OH is 1. The van der Waals surface area contributed by atoms with Gasteiger partial charge in [0.2, 0.25) is 0 Å². The number of rotatable bonds is 5. The third-order valence-electron chi connectivity index (χ3n) is 4.67. The molecule has 0 aliphatic carbocycles. The summed E-state index contributed by atoms with van der Waals surface area (Å²) in [7, 11) is -1.95. The van der Waals surface area contributed by atoms with Gasteiger partial charge in [-0.1, -0.05) is 29.3 Å². The summed E-state index contributed by atoms with van der Waals surface area (Å²) in [4.78, 5) is 8.63. The number of nitrogens with zero attached hydrogens (tertiary/aromatic N) is 3. The van der Waals surface area contributed by atoms with Gasteiger partial charge in [-0.05, 0) is 36.8 Å². The van der Waals surface area contributed by atoms with E-state index >= 15 is 4.39 Å². The van der Waals surface area contributed by atoms with Gasteiger partial charge in [-0.25, -0.2) is 18.6 Å². The summed E-state index contributed by atoms with van der Waals surface area (Å²) in [6, 6.07) is 7.45. The van der Waals surface area contributed by atoms with Gasteiger partial charge in [-0.15, -0.1) is 0 Å². The van der Waals surface area contributed by atoms with E-state index in [4.69, 9.17) is 28.9 Å². The number of fused-ring (bicyclic) bond motifs is 1. The molecule has 2 aromatic heterocycles. The van der Waals surface area contributed by atoms with Gasteiger partial charge in [0.05, 0.1) is 22.2 Å². The summed E-state index contributed by atoms with van der Waals surface area (Å²) in [5.41, 5.74) is 7.25. The molecule has 2 aromatic carbocycles.